The fourth-order valence-electron chi connectivity index (χ4n) is 2.80. The van der Waals surface area contributed by atoms with Crippen LogP contribution >= 0.6 is 0 Å². The van der Waals surface area contributed by atoms with E-state index >= 15 is 0 Å². The Hall–Kier alpha value is -2.34. The molecule has 0 fully saturated rings. The van der Waals surface area contributed by atoms with Gasteiger partial charge in [0.05, 0.1) is 5.56 Å². The number of pyridine rings is 1. The van der Waals surface area contributed by atoms with Crippen LogP contribution in [0, 0.1) is 18.3 Å². The lowest BCUT2D eigenvalue weighted by atomic mass is 10.1. The summed E-state index contributed by atoms with van der Waals surface area (Å²) in [6.07, 6.45) is 5.19. The molecule has 0 spiro atoms. The Morgan fingerprint density at radius 3 is 2.90 bits per heavy atom. The third-order valence-electron chi connectivity index (χ3n) is 3.87. The van der Waals surface area contributed by atoms with Crippen molar-refractivity contribution in [3.05, 3.63) is 53.2 Å². The van der Waals surface area contributed by atoms with E-state index in [1.165, 1.54) is 17.7 Å². The van der Waals surface area contributed by atoms with Gasteiger partial charge in [-0.1, -0.05) is 18.2 Å². The minimum Gasteiger partial charge on any atom is -0.325 e. The van der Waals surface area contributed by atoms with E-state index in [2.05, 4.69) is 40.2 Å². The van der Waals surface area contributed by atoms with E-state index < -0.39 is 0 Å². The number of para-hydroxylation sites is 1. The van der Waals surface area contributed by atoms with Gasteiger partial charge in [-0.25, -0.2) is 4.98 Å². The number of anilines is 2. The van der Waals surface area contributed by atoms with E-state index in [-0.39, 0.29) is 0 Å². The average Bonchev–Trinajstić information content (AvgIpc) is 2.69. The van der Waals surface area contributed by atoms with E-state index in [0.717, 1.165) is 30.8 Å². The van der Waals surface area contributed by atoms with Crippen LogP contribution in [0.15, 0.2) is 36.5 Å². The van der Waals surface area contributed by atoms with E-state index in [4.69, 9.17) is 0 Å². The smallest absolute Gasteiger partial charge is 0.151 e. The van der Waals surface area contributed by atoms with Crippen molar-refractivity contribution in [3.8, 4) is 6.07 Å². The van der Waals surface area contributed by atoms with Gasteiger partial charge in [-0.3, -0.25) is 0 Å². The summed E-state index contributed by atoms with van der Waals surface area (Å²) >= 11 is 0. The highest BCUT2D eigenvalue weighted by atomic mass is 15.2. The van der Waals surface area contributed by atoms with Crippen molar-refractivity contribution in [2.45, 2.75) is 26.2 Å². The molecule has 0 N–H and O–H groups in total. The number of hydrogen-bond donors (Lipinski definition) is 0. The summed E-state index contributed by atoms with van der Waals surface area (Å²) in [4.78, 5) is 6.68. The number of benzene rings is 1. The minimum absolute atomic E-state index is 0.684. The summed E-state index contributed by atoms with van der Waals surface area (Å²) in [6, 6.07) is 12.6. The molecule has 2 aromatic rings. The monoisotopic (exact) mass is 263 g/mol. The van der Waals surface area contributed by atoms with Gasteiger partial charge in [0.1, 0.15) is 6.07 Å². The van der Waals surface area contributed by atoms with Crippen LogP contribution in [0.25, 0.3) is 0 Å². The van der Waals surface area contributed by atoms with Crippen molar-refractivity contribution in [2.24, 2.45) is 0 Å². The number of fused-ring (bicyclic) bond motifs is 1. The molecule has 1 aliphatic heterocycles. The third-order valence-corrected chi connectivity index (χ3v) is 3.87. The van der Waals surface area contributed by atoms with Crippen molar-refractivity contribution in [1.82, 2.24) is 4.98 Å². The van der Waals surface area contributed by atoms with Crippen LogP contribution in [-0.2, 0) is 6.42 Å². The standard InChI is InChI=1S/C17H17N3/c1-13-9-10-19-17(15(13)12-18)20-11-5-4-7-14-6-2-3-8-16(14)20/h2-3,6,8-10H,4-5,7,11H2,1H3. The molecule has 0 amide bonds. The molecule has 1 aromatic heterocycles. The maximum atomic E-state index is 9.43. The number of nitriles is 1. The Kier molecular flexibility index (Phi) is 3.39. The first kappa shape index (κ1) is 12.7. The predicted molar refractivity (Wildman–Crippen MR) is 80.1 cm³/mol. The third kappa shape index (κ3) is 2.14. The van der Waals surface area contributed by atoms with Crippen LogP contribution in [0.5, 0.6) is 0 Å². The van der Waals surface area contributed by atoms with Crippen LogP contribution in [-0.4, -0.2) is 11.5 Å². The normalized spacial score (nSPS) is 14.3. The van der Waals surface area contributed by atoms with Crippen molar-refractivity contribution in [2.75, 3.05) is 11.4 Å². The molecule has 3 heteroatoms. The lowest BCUT2D eigenvalue weighted by molar-refractivity contribution is 0.757. The second kappa shape index (κ2) is 5.34. The zero-order valence-electron chi connectivity index (χ0n) is 11.6. The van der Waals surface area contributed by atoms with E-state index in [1.54, 1.807) is 6.20 Å². The zero-order valence-corrected chi connectivity index (χ0v) is 11.6. The highest BCUT2D eigenvalue weighted by Crippen LogP contribution is 2.33. The molecule has 0 bridgehead atoms. The maximum absolute atomic E-state index is 9.43. The van der Waals surface area contributed by atoms with Gasteiger partial charge in [-0.05, 0) is 49.4 Å². The molecule has 0 saturated carbocycles. The Morgan fingerprint density at radius 1 is 1.20 bits per heavy atom. The predicted octanol–water partition coefficient (Wildman–Crippen LogP) is 3.74. The summed E-state index contributed by atoms with van der Waals surface area (Å²) in [5.41, 5.74) is 4.21. The summed E-state index contributed by atoms with van der Waals surface area (Å²) in [5, 5.41) is 9.43. The Balaban J connectivity index is 2.16. The molecular weight excluding hydrogens is 246 g/mol. The van der Waals surface area contributed by atoms with Crippen LogP contribution < -0.4 is 4.90 Å². The van der Waals surface area contributed by atoms with Crippen molar-refractivity contribution < 1.29 is 0 Å². The molecule has 0 aliphatic carbocycles. The molecule has 100 valence electrons. The van der Waals surface area contributed by atoms with Crippen molar-refractivity contribution in [1.29, 1.82) is 5.26 Å². The highest BCUT2D eigenvalue weighted by Gasteiger charge is 2.20. The Morgan fingerprint density at radius 2 is 2.05 bits per heavy atom. The van der Waals surface area contributed by atoms with Gasteiger partial charge in [0.2, 0.25) is 0 Å². The largest absolute Gasteiger partial charge is 0.325 e. The summed E-state index contributed by atoms with van der Waals surface area (Å²) in [7, 11) is 0. The minimum atomic E-state index is 0.684. The van der Waals surface area contributed by atoms with Crippen molar-refractivity contribution in [3.63, 3.8) is 0 Å². The van der Waals surface area contributed by atoms with E-state index in [0.29, 0.717) is 5.56 Å². The topological polar surface area (TPSA) is 39.9 Å². The first-order chi connectivity index (χ1) is 9.81. The second-order valence-electron chi connectivity index (χ2n) is 5.18. The van der Waals surface area contributed by atoms with E-state index in [9.17, 15) is 5.26 Å². The molecule has 2 heterocycles. The lowest BCUT2D eigenvalue weighted by Crippen LogP contribution is -2.20. The molecule has 0 radical (unpaired) electrons. The Bertz CT molecular complexity index is 670. The number of aryl methyl sites for hydroxylation is 2. The van der Waals surface area contributed by atoms with E-state index in [1.807, 2.05) is 13.0 Å². The summed E-state index contributed by atoms with van der Waals surface area (Å²) in [5.74, 6) is 0.793. The van der Waals surface area contributed by atoms with Gasteiger partial charge < -0.3 is 4.90 Å². The van der Waals surface area contributed by atoms with Gasteiger partial charge in [0.25, 0.3) is 0 Å². The molecule has 20 heavy (non-hydrogen) atoms. The lowest BCUT2D eigenvalue weighted by Gasteiger charge is -2.25. The second-order valence-corrected chi connectivity index (χ2v) is 5.18. The van der Waals surface area contributed by atoms with Gasteiger partial charge in [0, 0.05) is 18.4 Å². The van der Waals surface area contributed by atoms with Crippen LogP contribution in [0.2, 0.25) is 0 Å². The van der Waals surface area contributed by atoms with Gasteiger partial charge in [-0.2, -0.15) is 5.26 Å². The van der Waals surface area contributed by atoms with Crippen LogP contribution in [0.4, 0.5) is 11.5 Å². The molecule has 3 nitrogen and oxygen atoms in total. The number of aromatic nitrogens is 1. The van der Waals surface area contributed by atoms with Crippen LogP contribution in [0.3, 0.4) is 0 Å². The molecule has 1 aliphatic rings. The number of hydrogen-bond acceptors (Lipinski definition) is 3. The quantitative estimate of drug-likeness (QED) is 0.787. The van der Waals surface area contributed by atoms with Crippen molar-refractivity contribution >= 4 is 11.5 Å². The summed E-state index contributed by atoms with van der Waals surface area (Å²) < 4.78 is 0. The summed E-state index contributed by atoms with van der Waals surface area (Å²) in [6.45, 7) is 2.88. The molecule has 0 atom stereocenters. The van der Waals surface area contributed by atoms with Gasteiger partial charge in [-0.15, -0.1) is 0 Å². The fourth-order valence-corrected chi connectivity index (χ4v) is 2.80. The van der Waals surface area contributed by atoms with Gasteiger partial charge in [0.15, 0.2) is 5.82 Å². The van der Waals surface area contributed by atoms with Crippen LogP contribution in [0.1, 0.15) is 29.5 Å². The molecule has 0 unspecified atom stereocenters. The molecule has 0 saturated heterocycles. The zero-order chi connectivity index (χ0) is 13.9. The first-order valence-corrected chi connectivity index (χ1v) is 7.02. The SMILES string of the molecule is Cc1ccnc(N2CCCCc3ccccc32)c1C#N. The average molecular weight is 263 g/mol. The molecular formula is C17H17N3. The number of rotatable bonds is 1. The van der Waals surface area contributed by atoms with Gasteiger partial charge >= 0.3 is 0 Å². The molecule has 1 aromatic carbocycles. The maximum Gasteiger partial charge on any atom is 0.151 e. The number of nitrogens with zero attached hydrogens (tertiary/aromatic N) is 3. The first-order valence-electron chi connectivity index (χ1n) is 7.02. The highest BCUT2D eigenvalue weighted by molar-refractivity contribution is 5.69. The fraction of sp³-hybridized carbons (Fsp3) is 0.294. The molecule has 3 rings (SSSR count). The Labute approximate surface area is 119 Å².